The van der Waals surface area contributed by atoms with Crippen LogP contribution < -0.4 is 5.32 Å². The number of nitrogens with one attached hydrogen (secondary N) is 1. The molecule has 4 nitrogen and oxygen atoms in total. The normalized spacial score (nSPS) is 13.1. The van der Waals surface area contributed by atoms with Gasteiger partial charge in [0.2, 0.25) is 0 Å². The second kappa shape index (κ2) is 9.40. The van der Waals surface area contributed by atoms with Gasteiger partial charge in [0.25, 0.3) is 0 Å². The Bertz CT molecular complexity index is 428. The molecule has 4 heteroatoms. The van der Waals surface area contributed by atoms with Crippen LogP contribution in [-0.4, -0.2) is 42.7 Å². The minimum Gasteiger partial charge on any atom is -0.396 e. The fraction of sp³-hybridized carbons (Fsp3) is 0.588. The minimum absolute atomic E-state index is 0.172. The molecule has 1 rings (SSSR count). The Morgan fingerprint density at radius 3 is 2.38 bits per heavy atom. The highest BCUT2D eigenvalue weighted by molar-refractivity contribution is 5.79. The molecule has 0 saturated carbocycles. The molecule has 1 unspecified atom stereocenters. The van der Waals surface area contributed by atoms with E-state index in [0.29, 0.717) is 6.54 Å². The van der Waals surface area contributed by atoms with Crippen molar-refractivity contribution in [1.82, 2.24) is 10.2 Å². The van der Waals surface area contributed by atoms with E-state index < -0.39 is 0 Å². The zero-order valence-corrected chi connectivity index (χ0v) is 13.8. The summed E-state index contributed by atoms with van der Waals surface area (Å²) in [6.45, 7) is 8.70. The highest BCUT2D eigenvalue weighted by atomic mass is 16.3. The summed E-state index contributed by atoms with van der Waals surface area (Å²) in [6.07, 6.45) is 1.07. The maximum absolute atomic E-state index is 9.10. The Kier molecular flexibility index (Phi) is 7.83. The van der Waals surface area contributed by atoms with E-state index >= 15 is 0 Å². The second-order valence-electron chi connectivity index (χ2n) is 5.51. The predicted molar refractivity (Wildman–Crippen MR) is 89.5 cm³/mol. The summed E-state index contributed by atoms with van der Waals surface area (Å²) in [7, 11) is 2.04. The van der Waals surface area contributed by atoms with Crippen LogP contribution in [0.15, 0.2) is 29.3 Å². The first-order chi connectivity index (χ1) is 10.1. The van der Waals surface area contributed by atoms with Crippen molar-refractivity contribution >= 4 is 5.96 Å². The summed E-state index contributed by atoms with van der Waals surface area (Å²) in [5, 5.41) is 12.4. The van der Waals surface area contributed by atoms with Gasteiger partial charge in [-0.1, -0.05) is 38.1 Å². The number of guanidine groups is 1. The van der Waals surface area contributed by atoms with Gasteiger partial charge in [-0.25, -0.2) is 0 Å². The maximum atomic E-state index is 9.10. The van der Waals surface area contributed by atoms with Crippen molar-refractivity contribution < 1.29 is 5.11 Å². The lowest BCUT2D eigenvalue weighted by molar-refractivity contribution is 0.241. The molecule has 1 aromatic carbocycles. The highest BCUT2D eigenvalue weighted by Crippen LogP contribution is 2.07. The van der Waals surface area contributed by atoms with E-state index in [0.717, 1.165) is 25.5 Å². The molecule has 1 aromatic rings. The Labute approximate surface area is 128 Å². The van der Waals surface area contributed by atoms with E-state index in [-0.39, 0.29) is 12.5 Å². The van der Waals surface area contributed by atoms with Crippen LogP contribution >= 0.6 is 0 Å². The molecule has 0 aromatic heterocycles. The smallest absolute Gasteiger partial charge is 0.193 e. The van der Waals surface area contributed by atoms with Crippen molar-refractivity contribution in [3.63, 3.8) is 0 Å². The van der Waals surface area contributed by atoms with Crippen molar-refractivity contribution in [2.45, 2.75) is 33.7 Å². The number of nitrogens with zero attached hydrogens (tertiary/aromatic N) is 2. The molecule has 118 valence electrons. The standard InChI is InChI=1S/C17H29N3O/c1-5-15-7-9-16(10-8-15)12-20(4)17(18-6-2)19-11-14(3)13-21/h7-10,14,21H,5-6,11-13H2,1-4H3,(H,18,19). The van der Waals surface area contributed by atoms with Crippen molar-refractivity contribution in [3.8, 4) is 0 Å². The maximum Gasteiger partial charge on any atom is 0.193 e. The van der Waals surface area contributed by atoms with Crippen LogP contribution in [0.5, 0.6) is 0 Å². The first kappa shape index (κ1) is 17.5. The van der Waals surface area contributed by atoms with Crippen LogP contribution in [0.1, 0.15) is 31.9 Å². The number of aliphatic hydroxyl groups is 1. The third kappa shape index (κ3) is 6.17. The highest BCUT2D eigenvalue weighted by Gasteiger charge is 2.07. The van der Waals surface area contributed by atoms with E-state index in [9.17, 15) is 0 Å². The predicted octanol–water partition coefficient (Wildman–Crippen LogP) is 2.27. The molecule has 0 spiro atoms. The molecule has 0 bridgehead atoms. The van der Waals surface area contributed by atoms with Crippen LogP contribution in [0.25, 0.3) is 0 Å². The Balaban J connectivity index is 2.68. The van der Waals surface area contributed by atoms with E-state index in [4.69, 9.17) is 5.11 Å². The van der Waals surface area contributed by atoms with Gasteiger partial charge in [-0.05, 0) is 30.4 Å². The molecule has 21 heavy (non-hydrogen) atoms. The van der Waals surface area contributed by atoms with E-state index in [2.05, 4.69) is 53.3 Å². The SMILES string of the molecule is CCNC(=NCC(C)CO)N(C)Cc1ccc(CC)cc1. The van der Waals surface area contributed by atoms with Gasteiger partial charge in [-0.2, -0.15) is 0 Å². The molecule has 0 aliphatic carbocycles. The van der Waals surface area contributed by atoms with Gasteiger partial charge >= 0.3 is 0 Å². The topological polar surface area (TPSA) is 47.9 Å². The largest absolute Gasteiger partial charge is 0.396 e. The first-order valence-electron chi connectivity index (χ1n) is 7.78. The number of hydrogen-bond acceptors (Lipinski definition) is 2. The average molecular weight is 291 g/mol. The van der Waals surface area contributed by atoms with Gasteiger partial charge in [0.1, 0.15) is 0 Å². The van der Waals surface area contributed by atoms with Crippen molar-refractivity contribution in [1.29, 1.82) is 0 Å². The molecule has 0 aliphatic heterocycles. The van der Waals surface area contributed by atoms with Gasteiger partial charge in [0.15, 0.2) is 5.96 Å². The zero-order chi connectivity index (χ0) is 15.7. The van der Waals surface area contributed by atoms with Gasteiger partial charge in [0, 0.05) is 33.3 Å². The van der Waals surface area contributed by atoms with Gasteiger partial charge < -0.3 is 15.3 Å². The lowest BCUT2D eigenvalue weighted by atomic mass is 10.1. The first-order valence-corrected chi connectivity index (χ1v) is 7.78. The summed E-state index contributed by atoms with van der Waals surface area (Å²) >= 11 is 0. The third-order valence-electron chi connectivity index (χ3n) is 3.41. The molecular weight excluding hydrogens is 262 g/mol. The summed E-state index contributed by atoms with van der Waals surface area (Å²) in [5.41, 5.74) is 2.63. The summed E-state index contributed by atoms with van der Waals surface area (Å²) in [5.74, 6) is 1.08. The van der Waals surface area contributed by atoms with Gasteiger partial charge in [0.05, 0.1) is 0 Å². The minimum atomic E-state index is 0.172. The number of hydrogen-bond donors (Lipinski definition) is 2. The summed E-state index contributed by atoms with van der Waals surface area (Å²) < 4.78 is 0. The molecule has 0 heterocycles. The quantitative estimate of drug-likeness (QED) is 0.598. The lowest BCUT2D eigenvalue weighted by Gasteiger charge is -2.22. The van der Waals surface area contributed by atoms with Crippen molar-refractivity contribution in [3.05, 3.63) is 35.4 Å². The van der Waals surface area contributed by atoms with Crippen LogP contribution in [0.4, 0.5) is 0 Å². The average Bonchev–Trinajstić information content (AvgIpc) is 2.51. The number of rotatable bonds is 7. The second-order valence-corrected chi connectivity index (χ2v) is 5.51. The van der Waals surface area contributed by atoms with Crippen LogP contribution in [0.3, 0.4) is 0 Å². The summed E-state index contributed by atoms with van der Waals surface area (Å²) in [6, 6.07) is 8.71. The number of aryl methyl sites for hydroxylation is 1. The van der Waals surface area contributed by atoms with Crippen LogP contribution in [0, 0.1) is 5.92 Å². The third-order valence-corrected chi connectivity index (χ3v) is 3.41. The molecule has 0 fully saturated rings. The Morgan fingerprint density at radius 1 is 1.24 bits per heavy atom. The fourth-order valence-corrected chi connectivity index (χ4v) is 2.00. The molecule has 2 N–H and O–H groups in total. The van der Waals surface area contributed by atoms with Crippen LogP contribution in [-0.2, 0) is 13.0 Å². The van der Waals surface area contributed by atoms with Gasteiger partial charge in [-0.3, -0.25) is 4.99 Å². The number of aliphatic imine (C=N–C) groups is 1. The van der Waals surface area contributed by atoms with E-state index in [1.807, 2.05) is 14.0 Å². The number of aliphatic hydroxyl groups excluding tert-OH is 1. The fourth-order valence-electron chi connectivity index (χ4n) is 2.00. The van der Waals surface area contributed by atoms with Crippen LogP contribution in [0.2, 0.25) is 0 Å². The molecule has 0 saturated heterocycles. The molecule has 0 aliphatic rings. The van der Waals surface area contributed by atoms with E-state index in [1.165, 1.54) is 11.1 Å². The monoisotopic (exact) mass is 291 g/mol. The van der Waals surface area contributed by atoms with Crippen molar-refractivity contribution in [2.75, 3.05) is 26.7 Å². The molecular formula is C17H29N3O. The van der Waals surface area contributed by atoms with E-state index in [1.54, 1.807) is 0 Å². The molecule has 0 amide bonds. The number of benzene rings is 1. The van der Waals surface area contributed by atoms with Gasteiger partial charge in [-0.15, -0.1) is 0 Å². The lowest BCUT2D eigenvalue weighted by Crippen LogP contribution is -2.38. The molecule has 1 atom stereocenters. The summed E-state index contributed by atoms with van der Waals surface area (Å²) in [4.78, 5) is 6.71. The molecule has 0 radical (unpaired) electrons. The Morgan fingerprint density at radius 2 is 1.86 bits per heavy atom. The Hall–Kier alpha value is -1.55. The zero-order valence-electron chi connectivity index (χ0n) is 13.8. The van der Waals surface area contributed by atoms with Crippen molar-refractivity contribution in [2.24, 2.45) is 10.9 Å².